The lowest BCUT2D eigenvalue weighted by molar-refractivity contribution is 0.371. The molecule has 1 saturated carbocycles. The monoisotopic (exact) mass is 260 g/mol. The van der Waals surface area contributed by atoms with Gasteiger partial charge in [-0.15, -0.1) is 11.3 Å². The molecule has 0 bridgehead atoms. The van der Waals surface area contributed by atoms with Crippen LogP contribution in [0.25, 0.3) is 0 Å². The Morgan fingerprint density at radius 2 is 2.22 bits per heavy atom. The number of hydrogen-bond donors (Lipinski definition) is 2. The van der Waals surface area contributed by atoms with Crippen LogP contribution in [0.4, 0.5) is 0 Å². The fourth-order valence-corrected chi connectivity index (χ4v) is 3.85. The van der Waals surface area contributed by atoms with Crippen molar-refractivity contribution in [2.75, 3.05) is 0 Å². The highest BCUT2D eigenvalue weighted by Gasteiger charge is 2.26. The summed E-state index contributed by atoms with van der Waals surface area (Å²) in [4.78, 5) is 4.62. The molecule has 0 spiro atoms. The van der Waals surface area contributed by atoms with Crippen LogP contribution in [-0.2, 0) is 6.54 Å². The minimum absolute atomic E-state index is 0.544. The minimum atomic E-state index is 0.544. The van der Waals surface area contributed by atoms with Gasteiger partial charge in [-0.05, 0) is 41.8 Å². The van der Waals surface area contributed by atoms with E-state index in [2.05, 4.69) is 40.1 Å². The van der Waals surface area contributed by atoms with Crippen LogP contribution in [0, 0.1) is 5.92 Å². The van der Waals surface area contributed by atoms with Crippen molar-refractivity contribution in [2.45, 2.75) is 38.3 Å². The fraction of sp³-hybridized carbons (Fsp3) is 0.467. The van der Waals surface area contributed by atoms with Gasteiger partial charge in [0.05, 0.1) is 0 Å². The van der Waals surface area contributed by atoms with Crippen molar-refractivity contribution in [3.63, 3.8) is 0 Å². The summed E-state index contributed by atoms with van der Waals surface area (Å²) in [6.07, 6.45) is 9.63. The summed E-state index contributed by atoms with van der Waals surface area (Å²) >= 11 is 1.88. The van der Waals surface area contributed by atoms with Gasteiger partial charge in [-0.2, -0.15) is 0 Å². The second kappa shape index (κ2) is 5.72. The Hall–Kier alpha value is -1.06. The summed E-state index contributed by atoms with van der Waals surface area (Å²) in [5.41, 5.74) is 1.34. The molecule has 0 amide bonds. The standard InChI is InChI=1S/C15H20N2S/c1-2-5-13(4-1)15(14-6-3-9-18-14)17-11-12-7-8-16-10-12/h3,6-10,13,15-17H,1-2,4-5,11H2. The van der Waals surface area contributed by atoms with Crippen LogP contribution in [0.1, 0.15) is 42.2 Å². The second-order valence-corrected chi connectivity index (χ2v) is 6.12. The van der Waals surface area contributed by atoms with Crippen LogP contribution in [0.2, 0.25) is 0 Å². The van der Waals surface area contributed by atoms with Crippen molar-refractivity contribution in [3.8, 4) is 0 Å². The molecular weight excluding hydrogens is 240 g/mol. The Bertz CT molecular complexity index is 441. The topological polar surface area (TPSA) is 27.8 Å². The number of rotatable bonds is 5. The maximum Gasteiger partial charge on any atom is 0.0446 e. The van der Waals surface area contributed by atoms with Gasteiger partial charge in [-0.1, -0.05) is 18.9 Å². The largest absolute Gasteiger partial charge is 0.367 e. The Morgan fingerprint density at radius 3 is 2.89 bits per heavy atom. The van der Waals surface area contributed by atoms with Gasteiger partial charge in [0.25, 0.3) is 0 Å². The van der Waals surface area contributed by atoms with Crippen molar-refractivity contribution in [1.29, 1.82) is 0 Å². The zero-order chi connectivity index (χ0) is 12.2. The Balaban J connectivity index is 1.69. The number of hydrogen-bond acceptors (Lipinski definition) is 2. The second-order valence-electron chi connectivity index (χ2n) is 5.14. The van der Waals surface area contributed by atoms with Gasteiger partial charge < -0.3 is 10.3 Å². The van der Waals surface area contributed by atoms with Gasteiger partial charge in [-0.3, -0.25) is 0 Å². The van der Waals surface area contributed by atoms with E-state index in [-0.39, 0.29) is 0 Å². The number of aromatic amines is 1. The molecule has 0 aromatic carbocycles. The van der Waals surface area contributed by atoms with Crippen molar-refractivity contribution in [3.05, 3.63) is 46.4 Å². The molecule has 18 heavy (non-hydrogen) atoms. The third-order valence-electron chi connectivity index (χ3n) is 3.91. The van der Waals surface area contributed by atoms with E-state index in [0.717, 1.165) is 12.5 Å². The molecule has 2 aromatic heterocycles. The molecule has 0 radical (unpaired) electrons. The number of nitrogens with one attached hydrogen (secondary N) is 2. The lowest BCUT2D eigenvalue weighted by Gasteiger charge is -2.23. The van der Waals surface area contributed by atoms with Crippen LogP contribution < -0.4 is 5.32 Å². The van der Waals surface area contributed by atoms with Gasteiger partial charge in [0, 0.05) is 29.9 Å². The molecule has 1 unspecified atom stereocenters. The Kier molecular flexibility index (Phi) is 3.81. The van der Waals surface area contributed by atoms with E-state index in [9.17, 15) is 0 Å². The van der Waals surface area contributed by atoms with E-state index in [1.54, 1.807) is 0 Å². The SMILES string of the molecule is c1csc(C(NCc2cc[nH]c2)C2CCCC2)c1. The van der Waals surface area contributed by atoms with E-state index in [4.69, 9.17) is 0 Å². The molecule has 1 fully saturated rings. The van der Waals surface area contributed by atoms with E-state index >= 15 is 0 Å². The zero-order valence-electron chi connectivity index (χ0n) is 10.6. The molecule has 3 heteroatoms. The van der Waals surface area contributed by atoms with Crippen LogP contribution >= 0.6 is 11.3 Å². The van der Waals surface area contributed by atoms with Crippen LogP contribution in [0.5, 0.6) is 0 Å². The predicted molar refractivity (Wildman–Crippen MR) is 76.7 cm³/mol. The minimum Gasteiger partial charge on any atom is -0.367 e. The van der Waals surface area contributed by atoms with Gasteiger partial charge in [0.1, 0.15) is 0 Å². The summed E-state index contributed by atoms with van der Waals surface area (Å²) in [7, 11) is 0. The van der Waals surface area contributed by atoms with Crippen LogP contribution in [-0.4, -0.2) is 4.98 Å². The van der Waals surface area contributed by atoms with E-state index in [1.807, 2.05) is 17.5 Å². The molecule has 0 saturated heterocycles. The Morgan fingerprint density at radius 1 is 1.33 bits per heavy atom. The highest BCUT2D eigenvalue weighted by atomic mass is 32.1. The van der Waals surface area contributed by atoms with Crippen molar-refractivity contribution < 1.29 is 0 Å². The molecular formula is C15H20N2S. The molecule has 1 aliphatic rings. The van der Waals surface area contributed by atoms with Crippen LogP contribution in [0.15, 0.2) is 36.0 Å². The predicted octanol–water partition coefficient (Wildman–Crippen LogP) is 4.10. The maximum absolute atomic E-state index is 3.76. The third-order valence-corrected chi connectivity index (χ3v) is 4.86. The first-order valence-corrected chi connectivity index (χ1v) is 7.70. The summed E-state index contributed by atoms with van der Waals surface area (Å²) < 4.78 is 0. The highest BCUT2D eigenvalue weighted by Crippen LogP contribution is 2.37. The van der Waals surface area contributed by atoms with E-state index in [0.29, 0.717) is 6.04 Å². The van der Waals surface area contributed by atoms with Crippen LogP contribution in [0.3, 0.4) is 0 Å². The third kappa shape index (κ3) is 2.68. The van der Waals surface area contributed by atoms with E-state index in [1.165, 1.54) is 36.1 Å². The van der Waals surface area contributed by atoms with Gasteiger partial charge in [0.2, 0.25) is 0 Å². The van der Waals surface area contributed by atoms with Crippen molar-refractivity contribution in [1.82, 2.24) is 10.3 Å². The fourth-order valence-electron chi connectivity index (χ4n) is 2.95. The number of aromatic nitrogens is 1. The smallest absolute Gasteiger partial charge is 0.0446 e. The van der Waals surface area contributed by atoms with Crippen molar-refractivity contribution in [2.24, 2.45) is 5.92 Å². The van der Waals surface area contributed by atoms with Gasteiger partial charge in [-0.25, -0.2) is 0 Å². The van der Waals surface area contributed by atoms with Crippen molar-refractivity contribution >= 4 is 11.3 Å². The number of H-pyrrole nitrogens is 1. The molecule has 2 aromatic rings. The molecule has 0 aliphatic heterocycles. The molecule has 2 nitrogen and oxygen atoms in total. The number of thiophene rings is 1. The van der Waals surface area contributed by atoms with Gasteiger partial charge >= 0.3 is 0 Å². The Labute approximate surface area is 112 Å². The molecule has 2 heterocycles. The first-order valence-electron chi connectivity index (χ1n) is 6.82. The lowest BCUT2D eigenvalue weighted by atomic mass is 9.96. The zero-order valence-corrected chi connectivity index (χ0v) is 11.4. The average molecular weight is 260 g/mol. The van der Waals surface area contributed by atoms with Gasteiger partial charge in [0.15, 0.2) is 0 Å². The quantitative estimate of drug-likeness (QED) is 0.832. The first-order chi connectivity index (χ1) is 8.93. The molecule has 1 atom stereocenters. The molecule has 2 N–H and O–H groups in total. The summed E-state index contributed by atoms with van der Waals surface area (Å²) in [6.45, 7) is 0.961. The lowest BCUT2D eigenvalue weighted by Crippen LogP contribution is -2.25. The first kappa shape index (κ1) is 12.0. The molecule has 96 valence electrons. The maximum atomic E-state index is 3.76. The molecule has 1 aliphatic carbocycles. The summed E-state index contributed by atoms with van der Waals surface area (Å²) in [6, 6.07) is 7.13. The summed E-state index contributed by atoms with van der Waals surface area (Å²) in [5.74, 6) is 0.822. The highest BCUT2D eigenvalue weighted by molar-refractivity contribution is 7.10. The van der Waals surface area contributed by atoms with E-state index < -0.39 is 0 Å². The molecule has 3 rings (SSSR count). The normalized spacial score (nSPS) is 18.2. The average Bonchev–Trinajstić information content (AvgIpc) is 3.14. The summed E-state index contributed by atoms with van der Waals surface area (Å²) in [5, 5.41) is 5.95.